The standard InChI is InChI=1S/C21H28N2O5/c1-5-12-21(20(26)28-7-3)16-15(18(24)23(6-2)19(16)25)17(22-21)13-10-8-9-11-14(13)27-4/h8-11,15-17,22H,5-7,12H2,1-4H3. The summed E-state index contributed by atoms with van der Waals surface area (Å²) in [6, 6.07) is 6.88. The number of imide groups is 1. The van der Waals surface area contributed by atoms with Crippen molar-refractivity contribution in [1.29, 1.82) is 0 Å². The Labute approximate surface area is 165 Å². The minimum absolute atomic E-state index is 0.211. The van der Waals surface area contributed by atoms with E-state index in [0.717, 1.165) is 5.56 Å². The lowest BCUT2D eigenvalue weighted by atomic mass is 9.77. The highest BCUT2D eigenvalue weighted by molar-refractivity contribution is 6.09. The van der Waals surface area contributed by atoms with Gasteiger partial charge in [0.05, 0.1) is 25.6 Å². The lowest BCUT2D eigenvalue weighted by Crippen LogP contribution is -2.56. The average Bonchev–Trinajstić information content (AvgIpc) is 3.17. The molecule has 0 bridgehead atoms. The molecular formula is C21H28N2O5. The molecule has 2 aliphatic heterocycles. The van der Waals surface area contributed by atoms with Crippen molar-refractivity contribution in [2.24, 2.45) is 11.8 Å². The number of carbonyl (C=O) groups excluding carboxylic acids is 3. The zero-order valence-corrected chi connectivity index (χ0v) is 16.9. The van der Waals surface area contributed by atoms with Crippen LogP contribution >= 0.6 is 0 Å². The van der Waals surface area contributed by atoms with Crippen molar-refractivity contribution in [2.45, 2.75) is 45.2 Å². The first-order valence-electron chi connectivity index (χ1n) is 9.89. The first-order valence-corrected chi connectivity index (χ1v) is 9.89. The van der Waals surface area contributed by atoms with Gasteiger partial charge in [0.1, 0.15) is 11.3 Å². The van der Waals surface area contributed by atoms with Crippen LogP contribution in [0.5, 0.6) is 5.75 Å². The molecule has 2 saturated heterocycles. The summed E-state index contributed by atoms with van der Waals surface area (Å²) in [5.41, 5.74) is -0.459. The van der Waals surface area contributed by atoms with Crippen LogP contribution in [-0.2, 0) is 19.1 Å². The predicted octanol–water partition coefficient (Wildman–Crippen LogP) is 2.06. The van der Waals surface area contributed by atoms with Gasteiger partial charge in [-0.15, -0.1) is 0 Å². The number of ether oxygens (including phenoxy) is 2. The number of nitrogens with zero attached hydrogens (tertiary/aromatic N) is 1. The summed E-state index contributed by atoms with van der Waals surface area (Å²) in [5, 5.41) is 3.37. The summed E-state index contributed by atoms with van der Waals surface area (Å²) in [7, 11) is 1.57. The van der Waals surface area contributed by atoms with E-state index in [2.05, 4.69) is 5.32 Å². The second-order valence-corrected chi connectivity index (χ2v) is 7.23. The Hall–Kier alpha value is -2.41. The van der Waals surface area contributed by atoms with Crippen LogP contribution in [0.25, 0.3) is 0 Å². The van der Waals surface area contributed by atoms with Crippen LogP contribution in [0.1, 0.15) is 45.2 Å². The Morgan fingerprint density at radius 3 is 2.50 bits per heavy atom. The quantitative estimate of drug-likeness (QED) is 0.569. The third-order valence-corrected chi connectivity index (χ3v) is 5.82. The molecule has 1 aromatic carbocycles. The molecule has 28 heavy (non-hydrogen) atoms. The van der Waals surface area contributed by atoms with Crippen molar-refractivity contribution in [3.05, 3.63) is 29.8 Å². The Morgan fingerprint density at radius 2 is 1.89 bits per heavy atom. The molecule has 2 aliphatic rings. The van der Waals surface area contributed by atoms with E-state index < -0.39 is 29.4 Å². The molecule has 0 aromatic heterocycles. The van der Waals surface area contributed by atoms with Gasteiger partial charge in [0, 0.05) is 18.2 Å². The molecule has 152 valence electrons. The molecule has 0 radical (unpaired) electrons. The number of likely N-dealkylation sites (tertiary alicyclic amines) is 1. The number of nitrogens with one attached hydrogen (secondary N) is 1. The van der Waals surface area contributed by atoms with Crippen molar-refractivity contribution in [2.75, 3.05) is 20.3 Å². The number of hydrogen-bond donors (Lipinski definition) is 1. The Bertz CT molecular complexity index is 780. The second-order valence-electron chi connectivity index (χ2n) is 7.23. The van der Waals surface area contributed by atoms with Crippen LogP contribution in [-0.4, -0.2) is 48.5 Å². The van der Waals surface area contributed by atoms with Gasteiger partial charge >= 0.3 is 5.97 Å². The van der Waals surface area contributed by atoms with Gasteiger partial charge in [0.2, 0.25) is 11.8 Å². The summed E-state index contributed by atoms with van der Waals surface area (Å²) < 4.78 is 10.9. The van der Waals surface area contributed by atoms with Crippen molar-refractivity contribution in [3.8, 4) is 5.75 Å². The number of carbonyl (C=O) groups is 3. The first kappa shape index (κ1) is 20.3. The van der Waals surface area contributed by atoms with Gasteiger partial charge in [-0.2, -0.15) is 0 Å². The van der Waals surface area contributed by atoms with Crippen LogP contribution in [0.2, 0.25) is 0 Å². The van der Waals surface area contributed by atoms with Gasteiger partial charge in [-0.05, 0) is 26.3 Å². The normalized spacial score (nSPS) is 29.1. The van der Waals surface area contributed by atoms with Gasteiger partial charge in [-0.1, -0.05) is 31.5 Å². The van der Waals surface area contributed by atoms with Gasteiger partial charge in [0.15, 0.2) is 0 Å². The lowest BCUT2D eigenvalue weighted by Gasteiger charge is -2.32. The molecule has 1 aromatic rings. The maximum atomic E-state index is 13.2. The molecule has 2 heterocycles. The minimum atomic E-state index is -1.22. The number of rotatable bonds is 7. The van der Waals surface area contributed by atoms with Gasteiger partial charge in [0.25, 0.3) is 0 Å². The van der Waals surface area contributed by atoms with Crippen molar-refractivity contribution in [1.82, 2.24) is 10.2 Å². The molecule has 2 amide bonds. The second kappa shape index (κ2) is 7.91. The summed E-state index contributed by atoms with van der Waals surface area (Å²) in [6.07, 6.45) is 1.08. The van der Waals surface area contributed by atoms with E-state index in [9.17, 15) is 14.4 Å². The maximum absolute atomic E-state index is 13.2. The fourth-order valence-corrected chi connectivity index (χ4v) is 4.74. The fourth-order valence-electron chi connectivity index (χ4n) is 4.74. The van der Waals surface area contributed by atoms with E-state index in [1.807, 2.05) is 31.2 Å². The Morgan fingerprint density at radius 1 is 1.18 bits per heavy atom. The lowest BCUT2D eigenvalue weighted by molar-refractivity contribution is -0.156. The number of esters is 1. The number of benzene rings is 1. The zero-order valence-electron chi connectivity index (χ0n) is 16.9. The molecule has 0 spiro atoms. The van der Waals surface area contributed by atoms with E-state index in [4.69, 9.17) is 9.47 Å². The maximum Gasteiger partial charge on any atom is 0.327 e. The van der Waals surface area contributed by atoms with Crippen LogP contribution in [0, 0.1) is 11.8 Å². The Kier molecular flexibility index (Phi) is 5.74. The summed E-state index contributed by atoms with van der Waals surface area (Å²) in [4.78, 5) is 40.7. The summed E-state index contributed by atoms with van der Waals surface area (Å²) >= 11 is 0. The van der Waals surface area contributed by atoms with E-state index in [0.29, 0.717) is 18.6 Å². The van der Waals surface area contributed by atoms with Crippen LogP contribution in [0.15, 0.2) is 24.3 Å². The molecule has 4 unspecified atom stereocenters. The number of amides is 2. The molecule has 7 heteroatoms. The molecule has 1 N–H and O–H groups in total. The molecule has 7 nitrogen and oxygen atoms in total. The molecule has 0 aliphatic carbocycles. The third-order valence-electron chi connectivity index (χ3n) is 5.82. The first-order chi connectivity index (χ1) is 13.5. The highest BCUT2D eigenvalue weighted by Crippen LogP contribution is 2.52. The molecule has 2 fully saturated rings. The zero-order chi connectivity index (χ0) is 20.5. The number of methoxy groups -OCH3 is 1. The van der Waals surface area contributed by atoms with Gasteiger partial charge in [-0.25, -0.2) is 0 Å². The SMILES string of the molecule is CCCC1(C(=O)OCC)NC(c2ccccc2OC)C2C(=O)N(CC)C(=O)C21. The van der Waals surface area contributed by atoms with E-state index in [-0.39, 0.29) is 25.0 Å². The van der Waals surface area contributed by atoms with Crippen molar-refractivity contribution in [3.63, 3.8) is 0 Å². The van der Waals surface area contributed by atoms with Crippen LogP contribution < -0.4 is 10.1 Å². The van der Waals surface area contributed by atoms with E-state index >= 15 is 0 Å². The van der Waals surface area contributed by atoms with Crippen molar-refractivity contribution >= 4 is 17.8 Å². The summed E-state index contributed by atoms with van der Waals surface area (Å²) in [5.74, 6) is -1.85. The van der Waals surface area contributed by atoms with Gasteiger partial charge < -0.3 is 9.47 Å². The monoisotopic (exact) mass is 388 g/mol. The Balaban J connectivity index is 2.17. The fraction of sp³-hybridized carbons (Fsp3) is 0.571. The number of hydrogen-bond acceptors (Lipinski definition) is 6. The van der Waals surface area contributed by atoms with E-state index in [1.54, 1.807) is 21.0 Å². The minimum Gasteiger partial charge on any atom is -0.496 e. The highest BCUT2D eigenvalue weighted by atomic mass is 16.5. The van der Waals surface area contributed by atoms with Crippen molar-refractivity contribution < 1.29 is 23.9 Å². The largest absolute Gasteiger partial charge is 0.496 e. The molecule has 0 saturated carbocycles. The smallest absolute Gasteiger partial charge is 0.327 e. The molecule has 3 rings (SSSR count). The topological polar surface area (TPSA) is 84.9 Å². The summed E-state index contributed by atoms with van der Waals surface area (Å²) in [6.45, 7) is 5.96. The van der Waals surface area contributed by atoms with Crippen LogP contribution in [0.4, 0.5) is 0 Å². The number of para-hydroxylation sites is 1. The van der Waals surface area contributed by atoms with Gasteiger partial charge in [-0.3, -0.25) is 24.6 Å². The highest BCUT2D eigenvalue weighted by Gasteiger charge is 2.68. The molecular weight excluding hydrogens is 360 g/mol. The third kappa shape index (κ3) is 2.89. The van der Waals surface area contributed by atoms with Crippen LogP contribution in [0.3, 0.4) is 0 Å². The average molecular weight is 388 g/mol. The molecule has 4 atom stereocenters. The predicted molar refractivity (Wildman–Crippen MR) is 103 cm³/mol. The van der Waals surface area contributed by atoms with E-state index in [1.165, 1.54) is 4.90 Å². The number of fused-ring (bicyclic) bond motifs is 1.